The maximum absolute atomic E-state index is 11.6. The zero-order valence-corrected chi connectivity index (χ0v) is 11.6. The summed E-state index contributed by atoms with van der Waals surface area (Å²) in [6.07, 6.45) is 2.30. The van der Waals surface area contributed by atoms with Gasteiger partial charge in [0.25, 0.3) is 0 Å². The molecule has 1 aromatic carbocycles. The Hall–Kier alpha value is -2.17. The molecule has 1 aromatic rings. The van der Waals surface area contributed by atoms with Crippen molar-refractivity contribution in [2.24, 2.45) is 0 Å². The van der Waals surface area contributed by atoms with Gasteiger partial charge in [0, 0.05) is 12.8 Å². The zero-order chi connectivity index (χ0) is 14.8. The largest absolute Gasteiger partial charge is 0.339 e. The molecule has 0 radical (unpaired) electrons. The minimum Gasteiger partial charge on any atom is -0.339 e. The highest BCUT2D eigenvalue weighted by molar-refractivity contribution is 5.80. The maximum Gasteiger partial charge on any atom is 0.225 e. The van der Waals surface area contributed by atoms with E-state index in [9.17, 15) is 14.4 Å². The van der Waals surface area contributed by atoms with Crippen LogP contribution in [0.2, 0.25) is 0 Å². The van der Waals surface area contributed by atoms with Gasteiger partial charge in [0.2, 0.25) is 11.8 Å². The fourth-order valence-corrected chi connectivity index (χ4v) is 1.66. The molecule has 2 N–H and O–H groups in total. The Morgan fingerprint density at radius 1 is 1.05 bits per heavy atom. The van der Waals surface area contributed by atoms with Gasteiger partial charge in [-0.15, -0.1) is 0 Å². The summed E-state index contributed by atoms with van der Waals surface area (Å²) >= 11 is 0. The van der Waals surface area contributed by atoms with Gasteiger partial charge in [-0.1, -0.05) is 31.2 Å². The molecule has 1 rings (SSSR count). The third kappa shape index (κ3) is 6.13. The lowest BCUT2D eigenvalue weighted by Gasteiger charge is -2.07. The highest BCUT2D eigenvalue weighted by atomic mass is 16.2. The summed E-state index contributed by atoms with van der Waals surface area (Å²) in [6.45, 7) is 2.17. The topological polar surface area (TPSA) is 75.3 Å². The van der Waals surface area contributed by atoms with Crippen LogP contribution in [-0.4, -0.2) is 24.8 Å². The van der Waals surface area contributed by atoms with Crippen molar-refractivity contribution in [1.29, 1.82) is 0 Å². The second-order valence-corrected chi connectivity index (χ2v) is 4.43. The Morgan fingerprint density at radius 3 is 2.25 bits per heavy atom. The number of benzene rings is 1. The second-order valence-electron chi connectivity index (χ2n) is 4.43. The third-order valence-corrected chi connectivity index (χ3v) is 2.86. The van der Waals surface area contributed by atoms with E-state index in [2.05, 4.69) is 17.6 Å². The summed E-state index contributed by atoms with van der Waals surface area (Å²) in [5.41, 5.74) is 2.17. The van der Waals surface area contributed by atoms with Crippen LogP contribution in [0.3, 0.4) is 0 Å². The molecule has 0 aliphatic rings. The molecule has 0 bridgehead atoms. The lowest BCUT2D eigenvalue weighted by atomic mass is 10.1. The number of aryl methyl sites for hydroxylation is 1. The molecule has 108 valence electrons. The summed E-state index contributed by atoms with van der Waals surface area (Å²) in [5.74, 6) is -0.394. The molecule has 0 spiro atoms. The van der Waals surface area contributed by atoms with E-state index in [1.807, 2.05) is 24.3 Å². The minimum absolute atomic E-state index is 0.0869. The normalized spacial score (nSPS) is 9.85. The van der Waals surface area contributed by atoms with E-state index in [4.69, 9.17) is 0 Å². The van der Waals surface area contributed by atoms with Crippen molar-refractivity contribution in [3.8, 4) is 0 Å². The monoisotopic (exact) mass is 276 g/mol. The van der Waals surface area contributed by atoms with Crippen molar-refractivity contribution >= 4 is 18.1 Å². The van der Waals surface area contributed by atoms with Crippen LogP contribution in [0.4, 0.5) is 0 Å². The SMILES string of the molecule is CCc1ccc(CC(=O)NCNC(=O)CCC=O)cc1. The van der Waals surface area contributed by atoms with E-state index in [1.54, 1.807) is 0 Å². The van der Waals surface area contributed by atoms with Gasteiger partial charge in [-0.25, -0.2) is 0 Å². The van der Waals surface area contributed by atoms with Gasteiger partial charge in [-0.3, -0.25) is 9.59 Å². The van der Waals surface area contributed by atoms with E-state index in [0.717, 1.165) is 12.0 Å². The number of carbonyl (C=O) groups is 3. The van der Waals surface area contributed by atoms with Crippen LogP contribution in [0.15, 0.2) is 24.3 Å². The average molecular weight is 276 g/mol. The standard InChI is InChI=1S/C15H20N2O3/c1-2-12-5-7-13(8-6-12)10-15(20)17-11-16-14(19)4-3-9-18/h5-9H,2-4,10-11H2,1H3,(H,16,19)(H,17,20). The maximum atomic E-state index is 11.6. The predicted octanol–water partition coefficient (Wildman–Crippen LogP) is 0.960. The lowest BCUT2D eigenvalue weighted by molar-refractivity contribution is -0.123. The van der Waals surface area contributed by atoms with Crippen LogP contribution < -0.4 is 10.6 Å². The minimum atomic E-state index is -0.246. The summed E-state index contributed by atoms with van der Waals surface area (Å²) < 4.78 is 0. The predicted molar refractivity (Wildman–Crippen MR) is 76.0 cm³/mol. The summed E-state index contributed by atoms with van der Waals surface area (Å²) in [4.78, 5) is 32.9. The summed E-state index contributed by atoms with van der Waals surface area (Å²) in [6, 6.07) is 7.87. The van der Waals surface area contributed by atoms with Crippen LogP contribution in [0.5, 0.6) is 0 Å². The summed E-state index contributed by atoms with van der Waals surface area (Å²) in [5, 5.41) is 5.13. The van der Waals surface area contributed by atoms with E-state index in [1.165, 1.54) is 5.56 Å². The molecule has 20 heavy (non-hydrogen) atoms. The van der Waals surface area contributed by atoms with E-state index in [0.29, 0.717) is 6.29 Å². The fourth-order valence-electron chi connectivity index (χ4n) is 1.66. The number of amides is 2. The third-order valence-electron chi connectivity index (χ3n) is 2.86. The van der Waals surface area contributed by atoms with Gasteiger partial charge in [0.05, 0.1) is 13.1 Å². The molecule has 2 amide bonds. The van der Waals surface area contributed by atoms with Crippen molar-refractivity contribution in [1.82, 2.24) is 10.6 Å². The molecule has 0 saturated carbocycles. The van der Waals surface area contributed by atoms with Gasteiger partial charge >= 0.3 is 0 Å². The molecule has 0 atom stereocenters. The van der Waals surface area contributed by atoms with Crippen molar-refractivity contribution < 1.29 is 14.4 Å². The molecule has 0 aliphatic carbocycles. The highest BCUT2D eigenvalue weighted by Crippen LogP contribution is 2.05. The average Bonchev–Trinajstić information content (AvgIpc) is 2.46. The van der Waals surface area contributed by atoms with Crippen molar-refractivity contribution in [3.63, 3.8) is 0 Å². The first-order valence-corrected chi connectivity index (χ1v) is 6.70. The Bertz CT molecular complexity index is 455. The van der Waals surface area contributed by atoms with Crippen LogP contribution >= 0.6 is 0 Å². The number of hydrogen-bond donors (Lipinski definition) is 2. The molecule has 0 aliphatic heterocycles. The number of carbonyl (C=O) groups excluding carboxylic acids is 3. The van der Waals surface area contributed by atoms with Crippen LogP contribution in [0, 0.1) is 0 Å². The van der Waals surface area contributed by atoms with Crippen molar-refractivity contribution in [2.75, 3.05) is 6.67 Å². The molecule has 0 unspecified atom stereocenters. The molecule has 5 nitrogen and oxygen atoms in total. The molecular weight excluding hydrogens is 256 g/mol. The quantitative estimate of drug-likeness (QED) is 0.548. The van der Waals surface area contributed by atoms with Crippen LogP contribution in [-0.2, 0) is 27.2 Å². The first-order chi connectivity index (χ1) is 9.65. The van der Waals surface area contributed by atoms with E-state index >= 15 is 0 Å². The van der Waals surface area contributed by atoms with Gasteiger partial charge in [0.1, 0.15) is 6.29 Å². The highest BCUT2D eigenvalue weighted by Gasteiger charge is 2.04. The second kappa shape index (κ2) is 8.85. The van der Waals surface area contributed by atoms with E-state index in [-0.39, 0.29) is 37.7 Å². The Kier molecular flexibility index (Phi) is 7.03. The summed E-state index contributed by atoms with van der Waals surface area (Å²) in [7, 11) is 0. The number of rotatable bonds is 8. The number of hydrogen-bond acceptors (Lipinski definition) is 3. The number of aldehydes is 1. The van der Waals surface area contributed by atoms with Gasteiger partial charge in [-0.2, -0.15) is 0 Å². The molecule has 0 aromatic heterocycles. The molecule has 0 saturated heterocycles. The fraction of sp³-hybridized carbons (Fsp3) is 0.400. The molecule has 0 heterocycles. The first-order valence-electron chi connectivity index (χ1n) is 6.70. The Morgan fingerprint density at radius 2 is 1.65 bits per heavy atom. The van der Waals surface area contributed by atoms with Crippen LogP contribution in [0.25, 0.3) is 0 Å². The Labute approximate surface area is 118 Å². The van der Waals surface area contributed by atoms with Gasteiger partial charge in [0.15, 0.2) is 0 Å². The molecule has 0 fully saturated rings. The van der Waals surface area contributed by atoms with Crippen molar-refractivity contribution in [2.45, 2.75) is 32.6 Å². The lowest BCUT2D eigenvalue weighted by Crippen LogP contribution is -2.37. The first kappa shape index (κ1) is 15.9. The van der Waals surface area contributed by atoms with Crippen LogP contribution in [0.1, 0.15) is 30.9 Å². The zero-order valence-electron chi connectivity index (χ0n) is 11.6. The molecule has 5 heteroatoms. The molecular formula is C15H20N2O3. The van der Waals surface area contributed by atoms with Gasteiger partial charge < -0.3 is 15.4 Å². The van der Waals surface area contributed by atoms with E-state index < -0.39 is 0 Å². The van der Waals surface area contributed by atoms with Crippen molar-refractivity contribution in [3.05, 3.63) is 35.4 Å². The Balaban J connectivity index is 2.25. The number of nitrogens with one attached hydrogen (secondary N) is 2. The smallest absolute Gasteiger partial charge is 0.225 e. The van der Waals surface area contributed by atoms with Gasteiger partial charge in [-0.05, 0) is 17.5 Å².